The van der Waals surface area contributed by atoms with Crippen molar-refractivity contribution in [2.45, 2.75) is 33.1 Å². The quantitative estimate of drug-likeness (QED) is 0.645. The van der Waals surface area contributed by atoms with E-state index in [9.17, 15) is 4.79 Å². The van der Waals surface area contributed by atoms with Gasteiger partial charge in [-0.05, 0) is 59.1 Å². The Kier molecular flexibility index (Phi) is 12.7. The standard InChI is InChI=1S/C12H18N2O.C5H13N/c1-10-4-6-11(7-5-10)12(15)14-9-3-8-13-2;1-3-4-5-6-2/h4-7,13H,3,8-9H2,1-2H3,(H,14,15);6H,3-5H2,1-2H3. The maximum absolute atomic E-state index is 11.6. The molecule has 0 aromatic heterocycles. The van der Waals surface area contributed by atoms with Gasteiger partial charge >= 0.3 is 0 Å². The Hall–Kier alpha value is -1.39. The van der Waals surface area contributed by atoms with Gasteiger partial charge in [0.1, 0.15) is 0 Å². The van der Waals surface area contributed by atoms with Crippen molar-refractivity contribution >= 4 is 5.91 Å². The fourth-order valence-electron chi connectivity index (χ4n) is 1.63. The van der Waals surface area contributed by atoms with Gasteiger partial charge in [-0.3, -0.25) is 4.79 Å². The lowest BCUT2D eigenvalue weighted by Gasteiger charge is -2.04. The maximum Gasteiger partial charge on any atom is 0.251 e. The van der Waals surface area contributed by atoms with Gasteiger partial charge in [0.2, 0.25) is 0 Å². The van der Waals surface area contributed by atoms with Crippen LogP contribution in [0.1, 0.15) is 42.1 Å². The fraction of sp³-hybridized carbons (Fsp3) is 0.588. The molecule has 0 aliphatic heterocycles. The second-order valence-electron chi connectivity index (χ2n) is 5.04. The Labute approximate surface area is 129 Å². The molecule has 0 heterocycles. The molecule has 1 amide bonds. The highest BCUT2D eigenvalue weighted by molar-refractivity contribution is 5.94. The molecular weight excluding hydrogens is 262 g/mol. The van der Waals surface area contributed by atoms with Gasteiger partial charge in [-0.15, -0.1) is 0 Å². The highest BCUT2D eigenvalue weighted by atomic mass is 16.1. The average Bonchev–Trinajstić information content (AvgIpc) is 2.50. The van der Waals surface area contributed by atoms with Crippen molar-refractivity contribution in [2.24, 2.45) is 0 Å². The van der Waals surface area contributed by atoms with Crippen LogP contribution in [0.4, 0.5) is 0 Å². The fourth-order valence-corrected chi connectivity index (χ4v) is 1.63. The minimum Gasteiger partial charge on any atom is -0.352 e. The third-order valence-electron chi connectivity index (χ3n) is 2.98. The predicted molar refractivity (Wildman–Crippen MR) is 90.9 cm³/mol. The lowest BCUT2D eigenvalue weighted by atomic mass is 10.1. The lowest BCUT2D eigenvalue weighted by molar-refractivity contribution is 0.0953. The molecule has 0 bridgehead atoms. The average molecular weight is 293 g/mol. The minimum absolute atomic E-state index is 0.00565. The van der Waals surface area contributed by atoms with E-state index in [0.29, 0.717) is 6.54 Å². The minimum atomic E-state index is 0.00565. The van der Waals surface area contributed by atoms with Crippen molar-refractivity contribution < 1.29 is 4.79 Å². The Balaban J connectivity index is 0.000000567. The number of hydrogen-bond donors (Lipinski definition) is 3. The van der Waals surface area contributed by atoms with Crippen LogP contribution in [0.25, 0.3) is 0 Å². The maximum atomic E-state index is 11.6. The van der Waals surface area contributed by atoms with Crippen LogP contribution in [0.5, 0.6) is 0 Å². The number of rotatable bonds is 8. The summed E-state index contributed by atoms with van der Waals surface area (Å²) in [5, 5.41) is 8.98. The summed E-state index contributed by atoms with van der Waals surface area (Å²) in [6, 6.07) is 7.59. The molecular formula is C17H31N3O. The molecule has 120 valence electrons. The van der Waals surface area contributed by atoms with Crippen molar-refractivity contribution in [1.82, 2.24) is 16.0 Å². The molecule has 21 heavy (non-hydrogen) atoms. The van der Waals surface area contributed by atoms with E-state index in [1.807, 2.05) is 45.3 Å². The second kappa shape index (κ2) is 13.6. The molecule has 0 saturated carbocycles. The summed E-state index contributed by atoms with van der Waals surface area (Å²) in [5.74, 6) is 0.00565. The van der Waals surface area contributed by atoms with E-state index < -0.39 is 0 Å². The molecule has 0 aliphatic carbocycles. The van der Waals surface area contributed by atoms with Gasteiger partial charge in [0.15, 0.2) is 0 Å². The van der Waals surface area contributed by atoms with E-state index in [1.54, 1.807) is 0 Å². The van der Waals surface area contributed by atoms with Crippen LogP contribution in [0.3, 0.4) is 0 Å². The number of unbranched alkanes of at least 4 members (excludes halogenated alkanes) is 1. The summed E-state index contributed by atoms with van der Waals surface area (Å²) in [4.78, 5) is 11.6. The van der Waals surface area contributed by atoms with Crippen LogP contribution in [0, 0.1) is 6.92 Å². The molecule has 0 saturated heterocycles. The predicted octanol–water partition coefficient (Wildman–Crippen LogP) is 2.34. The number of aryl methyl sites for hydroxylation is 1. The molecule has 4 nitrogen and oxygen atoms in total. The summed E-state index contributed by atoms with van der Waals surface area (Å²) < 4.78 is 0. The molecule has 1 rings (SSSR count). The Morgan fingerprint density at radius 2 is 1.52 bits per heavy atom. The third-order valence-corrected chi connectivity index (χ3v) is 2.98. The van der Waals surface area contributed by atoms with Gasteiger partial charge < -0.3 is 16.0 Å². The zero-order valence-electron chi connectivity index (χ0n) is 14.0. The van der Waals surface area contributed by atoms with Crippen molar-refractivity contribution in [1.29, 1.82) is 0 Å². The summed E-state index contributed by atoms with van der Waals surface area (Å²) >= 11 is 0. The van der Waals surface area contributed by atoms with Crippen LogP contribution in [-0.4, -0.2) is 39.6 Å². The molecule has 3 N–H and O–H groups in total. The van der Waals surface area contributed by atoms with E-state index in [0.717, 1.165) is 25.1 Å². The van der Waals surface area contributed by atoms with Gasteiger partial charge in [0.05, 0.1) is 0 Å². The largest absolute Gasteiger partial charge is 0.352 e. The van der Waals surface area contributed by atoms with Gasteiger partial charge in [0.25, 0.3) is 5.91 Å². The first-order chi connectivity index (χ1) is 10.2. The SMILES string of the molecule is CCCCNC.CNCCCNC(=O)c1ccc(C)cc1. The van der Waals surface area contributed by atoms with Crippen LogP contribution in [-0.2, 0) is 0 Å². The summed E-state index contributed by atoms with van der Waals surface area (Å²) in [6.07, 6.45) is 3.55. The number of nitrogens with one attached hydrogen (secondary N) is 3. The molecule has 4 heteroatoms. The molecule has 0 radical (unpaired) electrons. The lowest BCUT2D eigenvalue weighted by Crippen LogP contribution is -2.26. The smallest absolute Gasteiger partial charge is 0.251 e. The Bertz CT molecular complexity index is 359. The first kappa shape index (κ1) is 19.6. The second-order valence-corrected chi connectivity index (χ2v) is 5.04. The summed E-state index contributed by atoms with van der Waals surface area (Å²) in [7, 11) is 3.89. The van der Waals surface area contributed by atoms with E-state index >= 15 is 0 Å². The molecule has 0 aliphatic rings. The monoisotopic (exact) mass is 293 g/mol. The van der Waals surface area contributed by atoms with E-state index in [-0.39, 0.29) is 5.91 Å². The van der Waals surface area contributed by atoms with Crippen LogP contribution >= 0.6 is 0 Å². The molecule has 0 fully saturated rings. The number of benzene rings is 1. The zero-order chi connectivity index (χ0) is 15.9. The molecule has 0 unspecified atom stereocenters. The molecule has 1 aromatic rings. The Morgan fingerprint density at radius 3 is 2.00 bits per heavy atom. The summed E-state index contributed by atoms with van der Waals surface area (Å²) in [5.41, 5.74) is 1.90. The number of hydrogen-bond acceptors (Lipinski definition) is 3. The van der Waals surface area contributed by atoms with Crippen molar-refractivity contribution in [3.05, 3.63) is 35.4 Å². The van der Waals surface area contributed by atoms with E-state index in [4.69, 9.17) is 0 Å². The third kappa shape index (κ3) is 11.0. The molecule has 0 atom stereocenters. The molecule has 0 spiro atoms. The normalized spacial score (nSPS) is 9.71. The summed E-state index contributed by atoms with van der Waals surface area (Å²) in [6.45, 7) is 7.00. The van der Waals surface area contributed by atoms with Crippen molar-refractivity contribution in [3.8, 4) is 0 Å². The Morgan fingerprint density at radius 1 is 0.952 bits per heavy atom. The van der Waals surface area contributed by atoms with Crippen LogP contribution in [0.2, 0.25) is 0 Å². The first-order valence-corrected chi connectivity index (χ1v) is 7.79. The number of carbonyl (C=O) groups is 1. The number of amides is 1. The topological polar surface area (TPSA) is 53.2 Å². The van der Waals surface area contributed by atoms with Gasteiger partial charge in [-0.2, -0.15) is 0 Å². The van der Waals surface area contributed by atoms with Gasteiger partial charge in [-0.1, -0.05) is 31.0 Å². The van der Waals surface area contributed by atoms with E-state index in [1.165, 1.54) is 18.4 Å². The highest BCUT2D eigenvalue weighted by Crippen LogP contribution is 2.02. The van der Waals surface area contributed by atoms with Gasteiger partial charge in [0, 0.05) is 12.1 Å². The zero-order valence-corrected chi connectivity index (χ0v) is 14.0. The molecule has 1 aromatic carbocycles. The first-order valence-electron chi connectivity index (χ1n) is 7.79. The van der Waals surface area contributed by atoms with Gasteiger partial charge in [-0.25, -0.2) is 0 Å². The van der Waals surface area contributed by atoms with Crippen LogP contribution in [0.15, 0.2) is 24.3 Å². The van der Waals surface area contributed by atoms with Crippen molar-refractivity contribution in [2.75, 3.05) is 33.7 Å². The number of carbonyl (C=O) groups excluding carboxylic acids is 1. The highest BCUT2D eigenvalue weighted by Gasteiger charge is 2.02. The van der Waals surface area contributed by atoms with Crippen LogP contribution < -0.4 is 16.0 Å². The van der Waals surface area contributed by atoms with Crippen molar-refractivity contribution in [3.63, 3.8) is 0 Å². The van der Waals surface area contributed by atoms with E-state index in [2.05, 4.69) is 22.9 Å².